The zero-order valence-corrected chi connectivity index (χ0v) is 30.3. The van der Waals surface area contributed by atoms with Crippen LogP contribution >= 0.6 is 0 Å². The Kier molecular flexibility index (Phi) is 9.92. The predicted molar refractivity (Wildman–Crippen MR) is 197 cm³/mol. The minimum atomic E-state index is -1.38. The summed E-state index contributed by atoms with van der Waals surface area (Å²) in [6.07, 6.45) is 0.418. The SMILES string of the molecule is [2H]C(C)(C)c1ccccc1-n1c(-c2[c-]cccc2)nc2ccccc21.[2H]C([2H])(c1ccc(-c2ccnc(-c3[c-]cccc3)c2)cc1)C(C)(C)C.[Ir]. The summed E-state index contributed by atoms with van der Waals surface area (Å²) >= 11 is 0. The Labute approximate surface area is 303 Å². The van der Waals surface area contributed by atoms with Gasteiger partial charge in [-0.15, -0.1) is 71.8 Å². The van der Waals surface area contributed by atoms with Gasteiger partial charge in [0, 0.05) is 36.1 Å². The molecule has 1 radical (unpaired) electrons. The van der Waals surface area contributed by atoms with Gasteiger partial charge in [-0.2, -0.15) is 0 Å². The number of fused-ring (bicyclic) bond motifs is 1. The van der Waals surface area contributed by atoms with Gasteiger partial charge in [-0.3, -0.25) is 4.98 Å². The third-order valence-electron chi connectivity index (χ3n) is 7.68. The standard InChI is InChI=1S/C22H19N2.C22H22N.Ir/c1-16(2)18-12-6-8-14-20(18)24-21-15-9-7-13-19(21)23-22(24)17-10-4-3-5-11-17;1-22(2,3)16-17-9-11-18(12-10-17)20-13-14-23-21(15-20)19-7-5-4-6-8-19;/h3-10,12-16H,1-2H3;4-7,9-15H,16H2,1-3H3;/q2*-1;/i16D;16D2;. The van der Waals surface area contributed by atoms with Gasteiger partial charge in [-0.1, -0.05) is 95.3 Å². The first-order chi connectivity index (χ1) is 23.8. The fourth-order valence-electron chi connectivity index (χ4n) is 5.56. The summed E-state index contributed by atoms with van der Waals surface area (Å²) in [5.41, 5.74) is 9.07. The van der Waals surface area contributed by atoms with Gasteiger partial charge in [0.1, 0.15) is 0 Å². The third kappa shape index (κ3) is 8.26. The molecule has 5 aromatic carbocycles. The number of aromatic nitrogens is 3. The molecule has 0 amide bonds. The summed E-state index contributed by atoms with van der Waals surface area (Å²) in [6, 6.07) is 50.1. The van der Waals surface area contributed by atoms with Crippen LogP contribution in [-0.4, -0.2) is 14.5 Å². The summed E-state index contributed by atoms with van der Waals surface area (Å²) in [4.78, 5) is 9.29. The molecule has 0 unspecified atom stereocenters. The number of nitrogens with zero attached hydrogens (tertiary/aromatic N) is 3. The molecule has 7 rings (SSSR count). The summed E-state index contributed by atoms with van der Waals surface area (Å²) in [7, 11) is 0. The van der Waals surface area contributed by atoms with Crippen molar-refractivity contribution in [3.8, 4) is 39.5 Å². The van der Waals surface area contributed by atoms with Gasteiger partial charge in [0.2, 0.25) is 0 Å². The van der Waals surface area contributed by atoms with Gasteiger partial charge in [-0.05, 0) is 69.9 Å². The Bertz CT molecular complexity index is 2200. The largest absolute Gasteiger partial charge is 0.333 e. The molecular weight excluding hydrogens is 763 g/mol. The van der Waals surface area contributed by atoms with E-state index in [0.29, 0.717) is 5.56 Å². The van der Waals surface area contributed by atoms with Crippen LogP contribution < -0.4 is 0 Å². The molecule has 243 valence electrons. The minimum absolute atomic E-state index is 0. The van der Waals surface area contributed by atoms with E-state index in [9.17, 15) is 0 Å². The minimum Gasteiger partial charge on any atom is -0.333 e. The average molecular weight is 807 g/mol. The van der Waals surface area contributed by atoms with Gasteiger partial charge in [-0.25, -0.2) is 0 Å². The zero-order chi connectivity index (χ0) is 35.5. The molecule has 7 aromatic rings. The summed E-state index contributed by atoms with van der Waals surface area (Å²) < 4.78 is 27.5. The molecule has 0 spiro atoms. The molecule has 2 aromatic heterocycles. The Morgan fingerprint density at radius 1 is 0.750 bits per heavy atom. The van der Waals surface area contributed by atoms with Gasteiger partial charge < -0.3 is 9.55 Å². The van der Waals surface area contributed by atoms with E-state index in [0.717, 1.165) is 56.1 Å². The van der Waals surface area contributed by atoms with E-state index in [1.54, 1.807) is 6.20 Å². The maximum absolute atomic E-state index is 8.56. The van der Waals surface area contributed by atoms with Crippen molar-refractivity contribution < 1.29 is 24.2 Å². The van der Waals surface area contributed by atoms with E-state index in [2.05, 4.69) is 33.8 Å². The molecule has 0 aliphatic rings. The van der Waals surface area contributed by atoms with Gasteiger partial charge in [0.05, 0.1) is 16.9 Å². The monoisotopic (exact) mass is 807 g/mol. The number of hydrogen-bond acceptors (Lipinski definition) is 2. The van der Waals surface area contributed by atoms with Crippen LogP contribution in [0.3, 0.4) is 0 Å². The quantitative estimate of drug-likeness (QED) is 0.157. The van der Waals surface area contributed by atoms with Crippen molar-refractivity contribution in [2.45, 2.75) is 46.9 Å². The van der Waals surface area contributed by atoms with Gasteiger partial charge >= 0.3 is 0 Å². The fraction of sp³-hybridized carbons (Fsp3) is 0.182. The third-order valence-corrected chi connectivity index (χ3v) is 7.68. The van der Waals surface area contributed by atoms with Gasteiger partial charge in [0.25, 0.3) is 0 Å². The Morgan fingerprint density at radius 2 is 1.40 bits per heavy atom. The molecule has 48 heavy (non-hydrogen) atoms. The van der Waals surface area contributed by atoms with E-state index in [1.165, 1.54) is 0 Å². The molecule has 3 nitrogen and oxygen atoms in total. The fourth-order valence-corrected chi connectivity index (χ4v) is 5.56. The molecule has 0 N–H and O–H groups in total. The van der Waals surface area contributed by atoms with Crippen LogP contribution in [0.25, 0.3) is 50.5 Å². The molecule has 0 bridgehead atoms. The van der Waals surface area contributed by atoms with Crippen LogP contribution in [-0.2, 0) is 26.5 Å². The van der Waals surface area contributed by atoms with Crippen LogP contribution in [0.5, 0.6) is 0 Å². The number of hydrogen-bond donors (Lipinski definition) is 0. The molecule has 0 saturated heterocycles. The second-order valence-corrected chi connectivity index (χ2v) is 12.7. The molecule has 0 atom stereocenters. The van der Waals surface area contributed by atoms with Crippen molar-refractivity contribution in [3.05, 3.63) is 163 Å². The summed E-state index contributed by atoms with van der Waals surface area (Å²) in [6.45, 7) is 9.60. The maximum atomic E-state index is 8.56. The number of rotatable bonds is 6. The first-order valence-corrected chi connectivity index (χ1v) is 15.9. The van der Waals surface area contributed by atoms with Crippen molar-refractivity contribution in [1.82, 2.24) is 14.5 Å². The van der Waals surface area contributed by atoms with Crippen molar-refractivity contribution in [3.63, 3.8) is 0 Å². The molecule has 0 saturated carbocycles. The van der Waals surface area contributed by atoms with Crippen molar-refractivity contribution in [2.24, 2.45) is 5.41 Å². The topological polar surface area (TPSA) is 30.7 Å². The number of imidazole rings is 1. The van der Waals surface area contributed by atoms with Crippen molar-refractivity contribution in [2.75, 3.05) is 0 Å². The summed E-state index contributed by atoms with van der Waals surface area (Å²) in [5, 5.41) is 0. The molecule has 4 heteroatoms. The molecule has 0 fully saturated rings. The Balaban J connectivity index is 0.000000194. The normalized spacial score (nSPS) is 12.6. The van der Waals surface area contributed by atoms with E-state index in [1.807, 2.05) is 156 Å². The van der Waals surface area contributed by atoms with Crippen molar-refractivity contribution >= 4 is 11.0 Å². The van der Waals surface area contributed by atoms with E-state index in [-0.39, 0.29) is 20.1 Å². The van der Waals surface area contributed by atoms with Crippen LogP contribution in [0, 0.1) is 17.5 Å². The smallest absolute Gasteiger partial charge is 0.0774 e. The maximum Gasteiger partial charge on any atom is 0.0774 e. The first kappa shape index (κ1) is 30.7. The number of benzene rings is 5. The van der Waals surface area contributed by atoms with Crippen LogP contribution in [0.15, 0.2) is 140 Å². The second-order valence-electron chi connectivity index (χ2n) is 12.7. The Morgan fingerprint density at radius 3 is 2.06 bits per heavy atom. The first-order valence-electron chi connectivity index (χ1n) is 17.4. The van der Waals surface area contributed by atoms with Crippen molar-refractivity contribution in [1.29, 1.82) is 0 Å². The van der Waals surface area contributed by atoms with Crippen LogP contribution in [0.2, 0.25) is 0 Å². The number of pyridine rings is 1. The zero-order valence-electron chi connectivity index (χ0n) is 31.0. The van der Waals surface area contributed by atoms with Crippen LogP contribution in [0.1, 0.15) is 55.8 Å². The molecule has 0 aliphatic carbocycles. The van der Waals surface area contributed by atoms with E-state index >= 15 is 0 Å². The van der Waals surface area contributed by atoms with Crippen LogP contribution in [0.4, 0.5) is 0 Å². The molecule has 2 heterocycles. The summed E-state index contributed by atoms with van der Waals surface area (Å²) in [5.74, 6) is 0.137. The average Bonchev–Trinajstić information content (AvgIpc) is 3.52. The Hall–Kier alpha value is -4.63. The second kappa shape index (κ2) is 15.5. The molecular formula is C44H41IrN3-2. The van der Waals surface area contributed by atoms with E-state index < -0.39 is 17.7 Å². The predicted octanol–water partition coefficient (Wildman–Crippen LogP) is 11.4. The van der Waals surface area contributed by atoms with E-state index in [4.69, 9.17) is 9.10 Å². The number of para-hydroxylation sites is 3. The molecule has 0 aliphatic heterocycles. The van der Waals surface area contributed by atoms with Gasteiger partial charge in [0.15, 0.2) is 0 Å².